The first-order valence-electron chi connectivity index (χ1n) is 14.0. The minimum Gasteiger partial charge on any atom is -0.368 e. The summed E-state index contributed by atoms with van der Waals surface area (Å²) in [4.78, 5) is 66.5. The van der Waals surface area contributed by atoms with Gasteiger partial charge in [0.15, 0.2) is 5.67 Å². The van der Waals surface area contributed by atoms with E-state index in [-0.39, 0.29) is 37.0 Å². The number of nitrogens with two attached hydrogens (primary N) is 1. The first kappa shape index (κ1) is 26.9. The second-order valence-corrected chi connectivity index (χ2v) is 13.2. The lowest BCUT2D eigenvalue weighted by Gasteiger charge is -2.37. The Hall–Kier alpha value is -2.72. The molecule has 2 saturated heterocycles. The highest BCUT2D eigenvalue weighted by Crippen LogP contribution is 2.57. The molecule has 210 valence electrons. The molecule has 5 fully saturated rings. The lowest BCUT2D eigenvalue weighted by atomic mass is 9.78. The lowest BCUT2D eigenvalue weighted by molar-refractivity contribution is -0.146. The molecular weight excluding hydrogens is 493 g/mol. The van der Waals surface area contributed by atoms with Crippen molar-refractivity contribution in [2.75, 3.05) is 13.1 Å². The van der Waals surface area contributed by atoms with E-state index in [0.717, 1.165) is 19.3 Å². The molecule has 2 heterocycles. The maximum atomic E-state index is 14.5. The number of alkyl halides is 1. The van der Waals surface area contributed by atoms with Crippen LogP contribution in [-0.4, -0.2) is 71.3 Å². The minimum absolute atomic E-state index is 0.0479. The van der Waals surface area contributed by atoms with E-state index in [9.17, 15) is 28.4 Å². The molecule has 5 N–H and O–H groups in total. The summed E-state index contributed by atoms with van der Waals surface area (Å²) in [5.74, 6) is -2.11. The van der Waals surface area contributed by atoms with Crippen LogP contribution in [0.3, 0.4) is 0 Å². The molecule has 0 aromatic rings. The SMILES string of the molecule is CC(C)(C)[C@H](NC(=O)C1(F)CC1)C(=O)N1C[C@@H]2[C@@H]3CC[C@@H](C3)[C@@H]2[C@H]1C(=O)N[C@@H](C[C@@H]1CCNC1=O)C(N)=O. The molecule has 2 bridgehead atoms. The fourth-order valence-corrected chi connectivity index (χ4v) is 7.38. The Bertz CT molecular complexity index is 1040. The molecule has 38 heavy (non-hydrogen) atoms. The second-order valence-electron chi connectivity index (χ2n) is 13.2. The van der Waals surface area contributed by atoms with Crippen molar-refractivity contribution in [3.63, 3.8) is 0 Å². The molecule has 0 spiro atoms. The summed E-state index contributed by atoms with van der Waals surface area (Å²) in [5, 5.41) is 8.17. The first-order valence-corrected chi connectivity index (χ1v) is 14.0. The van der Waals surface area contributed by atoms with Crippen LogP contribution in [0.5, 0.6) is 0 Å². The van der Waals surface area contributed by atoms with Gasteiger partial charge in [-0.15, -0.1) is 0 Å². The van der Waals surface area contributed by atoms with Gasteiger partial charge in [0.25, 0.3) is 5.91 Å². The highest BCUT2D eigenvalue weighted by atomic mass is 19.1. The van der Waals surface area contributed by atoms with E-state index >= 15 is 0 Å². The van der Waals surface area contributed by atoms with Crippen LogP contribution in [0.1, 0.15) is 65.7 Å². The van der Waals surface area contributed by atoms with Crippen LogP contribution in [0.2, 0.25) is 0 Å². The van der Waals surface area contributed by atoms with Gasteiger partial charge in [0.05, 0.1) is 0 Å². The molecule has 10 nitrogen and oxygen atoms in total. The number of amides is 5. The van der Waals surface area contributed by atoms with Gasteiger partial charge >= 0.3 is 0 Å². The summed E-state index contributed by atoms with van der Waals surface area (Å²) in [5.41, 5.74) is 2.98. The third-order valence-corrected chi connectivity index (χ3v) is 9.64. The molecular formula is C27H40FN5O5. The molecule has 5 aliphatic rings. The molecule has 5 amide bonds. The summed E-state index contributed by atoms with van der Waals surface area (Å²) >= 11 is 0. The van der Waals surface area contributed by atoms with Gasteiger partial charge in [-0.1, -0.05) is 20.8 Å². The smallest absolute Gasteiger partial charge is 0.258 e. The van der Waals surface area contributed by atoms with E-state index in [2.05, 4.69) is 16.0 Å². The molecule has 3 aliphatic carbocycles. The van der Waals surface area contributed by atoms with Gasteiger partial charge < -0.3 is 26.6 Å². The molecule has 0 aromatic carbocycles. The number of carbonyl (C=O) groups is 5. The van der Waals surface area contributed by atoms with Gasteiger partial charge in [0.1, 0.15) is 18.1 Å². The predicted molar refractivity (Wildman–Crippen MR) is 135 cm³/mol. The number of primary amides is 1. The lowest BCUT2D eigenvalue weighted by Crippen LogP contribution is -2.61. The monoisotopic (exact) mass is 533 g/mol. The Balaban J connectivity index is 1.39. The number of likely N-dealkylation sites (tertiary alicyclic amines) is 1. The number of rotatable bonds is 8. The maximum absolute atomic E-state index is 14.5. The summed E-state index contributed by atoms with van der Waals surface area (Å²) in [6.45, 7) is 6.32. The summed E-state index contributed by atoms with van der Waals surface area (Å²) < 4.78 is 14.5. The average Bonchev–Trinajstić information content (AvgIpc) is 3.26. The highest BCUT2D eigenvalue weighted by Gasteiger charge is 2.61. The van der Waals surface area contributed by atoms with Crippen molar-refractivity contribution in [1.82, 2.24) is 20.9 Å². The molecule has 0 unspecified atom stereocenters. The minimum atomic E-state index is -1.93. The Morgan fingerprint density at radius 1 is 1.13 bits per heavy atom. The quantitative estimate of drug-likeness (QED) is 0.356. The van der Waals surface area contributed by atoms with Gasteiger partial charge in [0, 0.05) is 19.0 Å². The Morgan fingerprint density at radius 3 is 2.39 bits per heavy atom. The fraction of sp³-hybridized carbons (Fsp3) is 0.815. The normalized spacial score (nSPS) is 34.3. The number of nitrogens with one attached hydrogen (secondary N) is 3. The van der Waals surface area contributed by atoms with Crippen LogP contribution in [0.15, 0.2) is 0 Å². The van der Waals surface area contributed by atoms with Crippen molar-refractivity contribution < 1.29 is 28.4 Å². The number of hydrogen-bond acceptors (Lipinski definition) is 5. The zero-order chi connectivity index (χ0) is 27.6. The number of nitrogens with zero attached hydrogens (tertiary/aromatic N) is 1. The van der Waals surface area contributed by atoms with Crippen molar-refractivity contribution in [2.24, 2.45) is 40.7 Å². The number of hydrogen-bond donors (Lipinski definition) is 4. The predicted octanol–water partition coefficient (Wildman–Crippen LogP) is 0.389. The third kappa shape index (κ3) is 4.77. The number of carbonyl (C=O) groups excluding carboxylic acids is 5. The van der Waals surface area contributed by atoms with Crippen LogP contribution in [-0.2, 0) is 24.0 Å². The Morgan fingerprint density at radius 2 is 1.82 bits per heavy atom. The van der Waals surface area contributed by atoms with Gasteiger partial charge in [-0.2, -0.15) is 0 Å². The largest absolute Gasteiger partial charge is 0.368 e. The molecule has 8 atom stereocenters. The van der Waals surface area contributed by atoms with E-state index in [4.69, 9.17) is 5.73 Å². The van der Waals surface area contributed by atoms with Gasteiger partial charge in [-0.05, 0) is 74.0 Å². The molecule has 11 heteroatoms. The Kier molecular flexibility index (Phi) is 6.70. The van der Waals surface area contributed by atoms with Crippen LogP contribution >= 0.6 is 0 Å². The number of fused-ring (bicyclic) bond motifs is 5. The van der Waals surface area contributed by atoms with Gasteiger partial charge in [0.2, 0.25) is 23.6 Å². The summed E-state index contributed by atoms with van der Waals surface area (Å²) in [6, 6.07) is -2.86. The van der Waals surface area contributed by atoms with Crippen molar-refractivity contribution in [2.45, 2.75) is 89.5 Å². The van der Waals surface area contributed by atoms with Crippen LogP contribution in [0.25, 0.3) is 0 Å². The standard InChI is InChI=1S/C27H40FN5O5/c1-26(2,3)20(32-25(38)27(28)7-8-27)24(37)33-12-16-13-4-5-14(10-13)18(16)19(33)23(36)31-17(21(29)34)11-15-6-9-30-22(15)35/h13-20H,4-12H2,1-3H3,(H2,29,34)(H,30,35)(H,31,36)(H,32,38)/t13-,14+,15+,16-,17+,18+,19+,20-/m1/s1. The first-order chi connectivity index (χ1) is 17.8. The topological polar surface area (TPSA) is 151 Å². The molecule has 2 aliphatic heterocycles. The average molecular weight is 534 g/mol. The maximum Gasteiger partial charge on any atom is 0.258 e. The highest BCUT2D eigenvalue weighted by molar-refractivity contribution is 5.97. The Labute approximate surface area is 222 Å². The zero-order valence-electron chi connectivity index (χ0n) is 22.4. The van der Waals surface area contributed by atoms with Crippen molar-refractivity contribution >= 4 is 29.5 Å². The van der Waals surface area contributed by atoms with Crippen molar-refractivity contribution in [3.8, 4) is 0 Å². The molecule has 0 aromatic heterocycles. The van der Waals surface area contributed by atoms with Crippen molar-refractivity contribution in [1.29, 1.82) is 0 Å². The van der Waals surface area contributed by atoms with E-state index < -0.39 is 58.8 Å². The molecule has 3 saturated carbocycles. The van der Waals surface area contributed by atoms with Gasteiger partial charge in [-0.3, -0.25) is 24.0 Å². The third-order valence-electron chi connectivity index (χ3n) is 9.64. The van der Waals surface area contributed by atoms with E-state index in [1.165, 1.54) is 0 Å². The summed E-state index contributed by atoms with van der Waals surface area (Å²) in [6.07, 6.45) is 4.01. The van der Waals surface area contributed by atoms with E-state index in [1.54, 1.807) is 25.7 Å². The molecule has 5 rings (SSSR count). The second kappa shape index (κ2) is 9.48. The van der Waals surface area contributed by atoms with Crippen LogP contribution in [0.4, 0.5) is 4.39 Å². The van der Waals surface area contributed by atoms with E-state index in [0.29, 0.717) is 31.3 Å². The number of halogens is 1. The van der Waals surface area contributed by atoms with Crippen molar-refractivity contribution in [3.05, 3.63) is 0 Å². The van der Waals surface area contributed by atoms with Crippen LogP contribution in [0, 0.1) is 35.0 Å². The zero-order valence-corrected chi connectivity index (χ0v) is 22.4. The van der Waals surface area contributed by atoms with Crippen LogP contribution < -0.4 is 21.7 Å². The van der Waals surface area contributed by atoms with Gasteiger partial charge in [-0.25, -0.2) is 4.39 Å². The fourth-order valence-electron chi connectivity index (χ4n) is 7.38. The van der Waals surface area contributed by atoms with E-state index in [1.807, 2.05) is 0 Å². The summed E-state index contributed by atoms with van der Waals surface area (Å²) in [7, 11) is 0. The molecule has 0 radical (unpaired) electrons.